The molecular weight excluding hydrogens is 316 g/mol. The third kappa shape index (κ3) is 4.33. The van der Waals surface area contributed by atoms with Gasteiger partial charge in [0.1, 0.15) is 0 Å². The molecular formula is C17H31ClN2OS. The summed E-state index contributed by atoms with van der Waals surface area (Å²) in [4.78, 5) is 15.1. The lowest BCUT2D eigenvalue weighted by Gasteiger charge is -2.44. The van der Waals surface area contributed by atoms with Gasteiger partial charge in [-0.15, -0.1) is 12.4 Å². The number of halogens is 1. The number of thioether (sulfide) groups is 1. The van der Waals surface area contributed by atoms with E-state index in [0.29, 0.717) is 23.8 Å². The Labute approximate surface area is 145 Å². The first kappa shape index (κ1) is 18.4. The summed E-state index contributed by atoms with van der Waals surface area (Å²) in [5.74, 6) is 2.81. The Morgan fingerprint density at radius 1 is 1.27 bits per heavy atom. The maximum Gasteiger partial charge on any atom is 0.223 e. The number of hydrogen-bond donors (Lipinski definition) is 1. The number of piperidine rings is 1. The highest BCUT2D eigenvalue weighted by molar-refractivity contribution is 8.00. The van der Waals surface area contributed by atoms with Crippen LogP contribution in [0.1, 0.15) is 51.9 Å². The third-order valence-electron chi connectivity index (χ3n) is 5.69. The molecule has 0 spiro atoms. The summed E-state index contributed by atoms with van der Waals surface area (Å²) < 4.78 is 0. The van der Waals surface area contributed by atoms with Crippen molar-refractivity contribution >= 4 is 30.1 Å². The van der Waals surface area contributed by atoms with Crippen molar-refractivity contribution in [1.82, 2.24) is 10.2 Å². The van der Waals surface area contributed by atoms with Crippen LogP contribution in [-0.2, 0) is 4.79 Å². The van der Waals surface area contributed by atoms with Gasteiger partial charge < -0.3 is 10.2 Å². The Balaban J connectivity index is 0.00000176. The summed E-state index contributed by atoms with van der Waals surface area (Å²) >= 11 is 2.11. The third-order valence-corrected chi connectivity index (χ3v) is 7.09. The van der Waals surface area contributed by atoms with Crippen molar-refractivity contribution < 1.29 is 4.79 Å². The van der Waals surface area contributed by atoms with E-state index in [4.69, 9.17) is 0 Å². The van der Waals surface area contributed by atoms with Crippen molar-refractivity contribution in [2.45, 2.75) is 63.2 Å². The second kappa shape index (κ2) is 8.79. The zero-order chi connectivity index (χ0) is 14.7. The van der Waals surface area contributed by atoms with E-state index in [1.807, 2.05) is 0 Å². The molecule has 1 saturated carbocycles. The highest BCUT2D eigenvalue weighted by atomic mass is 35.5. The van der Waals surface area contributed by atoms with E-state index in [0.717, 1.165) is 37.1 Å². The van der Waals surface area contributed by atoms with Gasteiger partial charge in [0.25, 0.3) is 0 Å². The highest BCUT2D eigenvalue weighted by Crippen LogP contribution is 2.36. The average Bonchev–Trinajstić information content (AvgIpc) is 2.55. The summed E-state index contributed by atoms with van der Waals surface area (Å²) in [6.45, 7) is 5.54. The quantitative estimate of drug-likeness (QED) is 0.850. The van der Waals surface area contributed by atoms with Crippen LogP contribution in [0.3, 0.4) is 0 Å². The molecule has 1 N–H and O–H groups in total. The van der Waals surface area contributed by atoms with Crippen LogP contribution in [0.2, 0.25) is 0 Å². The van der Waals surface area contributed by atoms with Crippen LogP contribution in [0, 0.1) is 11.8 Å². The molecule has 4 unspecified atom stereocenters. The lowest BCUT2D eigenvalue weighted by Crippen LogP contribution is -2.52. The van der Waals surface area contributed by atoms with Gasteiger partial charge in [-0.05, 0) is 50.6 Å². The Bertz CT molecular complexity index is 361. The van der Waals surface area contributed by atoms with Crippen molar-refractivity contribution in [3.05, 3.63) is 0 Å². The fourth-order valence-electron chi connectivity index (χ4n) is 4.33. The molecule has 2 saturated heterocycles. The number of rotatable bonds is 3. The van der Waals surface area contributed by atoms with E-state index in [1.165, 1.54) is 38.5 Å². The molecule has 22 heavy (non-hydrogen) atoms. The van der Waals surface area contributed by atoms with Gasteiger partial charge in [0.05, 0.1) is 0 Å². The number of carbonyl (C=O) groups is 1. The Morgan fingerprint density at radius 3 is 2.86 bits per heavy atom. The normalized spacial score (nSPS) is 33.5. The first-order valence-electron chi connectivity index (χ1n) is 8.87. The molecule has 2 heterocycles. The lowest BCUT2D eigenvalue weighted by molar-refractivity contribution is -0.135. The van der Waals surface area contributed by atoms with Crippen LogP contribution < -0.4 is 5.32 Å². The van der Waals surface area contributed by atoms with E-state index in [-0.39, 0.29) is 12.4 Å². The minimum atomic E-state index is 0. The minimum Gasteiger partial charge on any atom is -0.338 e. The maximum absolute atomic E-state index is 12.8. The SMILES string of the molecule is CC(CC(=O)N1CCSC2CCCCC21)C1CCCNC1.Cl. The smallest absolute Gasteiger partial charge is 0.223 e. The van der Waals surface area contributed by atoms with Crippen LogP contribution in [0.4, 0.5) is 0 Å². The molecule has 1 aliphatic carbocycles. The molecule has 3 rings (SSSR count). The van der Waals surface area contributed by atoms with Crippen LogP contribution in [0.5, 0.6) is 0 Å². The molecule has 3 aliphatic rings. The highest BCUT2D eigenvalue weighted by Gasteiger charge is 2.36. The molecule has 5 heteroatoms. The standard InChI is InChI=1S/C17H30N2OS.ClH/c1-13(14-5-4-8-18-12-14)11-17(20)19-9-10-21-16-7-3-2-6-15(16)19;/h13-16,18H,2-12H2,1H3;1H. The van der Waals surface area contributed by atoms with Gasteiger partial charge in [0.2, 0.25) is 5.91 Å². The van der Waals surface area contributed by atoms with Gasteiger partial charge in [0.15, 0.2) is 0 Å². The van der Waals surface area contributed by atoms with Gasteiger partial charge in [-0.25, -0.2) is 0 Å². The van der Waals surface area contributed by atoms with Crippen molar-refractivity contribution in [2.24, 2.45) is 11.8 Å². The van der Waals surface area contributed by atoms with Crippen molar-refractivity contribution in [3.8, 4) is 0 Å². The van der Waals surface area contributed by atoms with Crippen molar-refractivity contribution in [1.29, 1.82) is 0 Å². The second-order valence-electron chi connectivity index (χ2n) is 7.14. The molecule has 1 amide bonds. The summed E-state index contributed by atoms with van der Waals surface area (Å²) in [6, 6.07) is 0.543. The predicted molar refractivity (Wildman–Crippen MR) is 96.8 cm³/mol. The molecule has 0 aromatic heterocycles. The fraction of sp³-hybridized carbons (Fsp3) is 0.941. The fourth-order valence-corrected chi connectivity index (χ4v) is 5.77. The van der Waals surface area contributed by atoms with E-state index in [1.54, 1.807) is 0 Å². The molecule has 2 aliphatic heterocycles. The lowest BCUT2D eigenvalue weighted by atomic mass is 9.84. The van der Waals surface area contributed by atoms with Gasteiger partial charge in [-0.2, -0.15) is 11.8 Å². The first-order chi connectivity index (χ1) is 10.3. The summed E-state index contributed by atoms with van der Waals surface area (Å²) in [5, 5.41) is 4.21. The monoisotopic (exact) mass is 346 g/mol. The predicted octanol–water partition coefficient (Wildman–Crippen LogP) is 3.32. The average molecular weight is 347 g/mol. The van der Waals surface area contributed by atoms with E-state index >= 15 is 0 Å². The molecule has 128 valence electrons. The minimum absolute atomic E-state index is 0. The van der Waals surface area contributed by atoms with Gasteiger partial charge >= 0.3 is 0 Å². The van der Waals surface area contributed by atoms with Crippen LogP contribution in [0.15, 0.2) is 0 Å². The summed E-state index contributed by atoms with van der Waals surface area (Å²) in [7, 11) is 0. The zero-order valence-electron chi connectivity index (χ0n) is 13.8. The van der Waals surface area contributed by atoms with Gasteiger partial charge in [0, 0.05) is 30.0 Å². The summed E-state index contributed by atoms with van der Waals surface area (Å²) in [6.07, 6.45) is 8.57. The molecule has 4 atom stereocenters. The summed E-state index contributed by atoms with van der Waals surface area (Å²) in [5.41, 5.74) is 0. The molecule has 0 aromatic rings. The number of carbonyl (C=O) groups excluding carboxylic acids is 1. The Kier molecular flexibility index (Phi) is 7.36. The van der Waals surface area contributed by atoms with E-state index in [2.05, 4.69) is 28.9 Å². The number of fused-ring (bicyclic) bond motifs is 1. The van der Waals surface area contributed by atoms with Gasteiger partial charge in [-0.3, -0.25) is 4.79 Å². The topological polar surface area (TPSA) is 32.3 Å². The largest absolute Gasteiger partial charge is 0.338 e. The molecule has 3 fully saturated rings. The van der Waals surface area contributed by atoms with Crippen LogP contribution >= 0.6 is 24.2 Å². The number of hydrogen-bond acceptors (Lipinski definition) is 3. The Hall–Kier alpha value is 0.0700. The molecule has 3 nitrogen and oxygen atoms in total. The zero-order valence-corrected chi connectivity index (χ0v) is 15.4. The van der Waals surface area contributed by atoms with Gasteiger partial charge in [-0.1, -0.05) is 19.8 Å². The number of amides is 1. The molecule has 0 aromatic carbocycles. The Morgan fingerprint density at radius 2 is 2.09 bits per heavy atom. The van der Waals surface area contributed by atoms with Crippen molar-refractivity contribution in [3.63, 3.8) is 0 Å². The maximum atomic E-state index is 12.8. The second-order valence-corrected chi connectivity index (χ2v) is 8.48. The molecule has 0 bridgehead atoms. The molecule has 0 radical (unpaired) electrons. The van der Waals surface area contributed by atoms with Crippen LogP contribution in [0.25, 0.3) is 0 Å². The van der Waals surface area contributed by atoms with Crippen molar-refractivity contribution in [2.75, 3.05) is 25.4 Å². The number of nitrogens with one attached hydrogen (secondary N) is 1. The van der Waals surface area contributed by atoms with E-state index < -0.39 is 0 Å². The van der Waals surface area contributed by atoms with Crippen LogP contribution in [-0.4, -0.2) is 47.5 Å². The van der Waals surface area contributed by atoms with E-state index in [9.17, 15) is 4.79 Å². The first-order valence-corrected chi connectivity index (χ1v) is 9.92. The number of nitrogens with zero attached hydrogens (tertiary/aromatic N) is 1.